The van der Waals surface area contributed by atoms with E-state index in [4.69, 9.17) is 18.5 Å². The molecule has 0 aliphatic carbocycles. The van der Waals surface area contributed by atoms with Crippen molar-refractivity contribution < 1.29 is 47.2 Å². The largest absolute Gasteiger partial charge is 0.756 e. The van der Waals surface area contributed by atoms with E-state index in [0.29, 0.717) is 30.3 Å². The summed E-state index contributed by atoms with van der Waals surface area (Å²) in [4.78, 5) is 37.5. The first kappa shape index (κ1) is 54.4. The molecule has 57 heavy (non-hydrogen) atoms. The lowest BCUT2D eigenvalue weighted by molar-refractivity contribution is -0.870. The van der Waals surface area contributed by atoms with E-state index in [-0.39, 0.29) is 26.1 Å². The molecule has 0 aromatic rings. The Morgan fingerprint density at radius 1 is 0.667 bits per heavy atom. The SMILES string of the molecule is CC/C=C\C/C=C\C/C=C\C/C=C\C=C\C(O)CCCC(=O)OC[C@H](COP(=O)([O-])OCC[N+](C)(C)C)OC(=O)CCCCCCCCC/C=C\CCCCCC. The fourth-order valence-electron chi connectivity index (χ4n) is 5.38. The van der Waals surface area contributed by atoms with Crippen LogP contribution in [0.3, 0.4) is 0 Å². The summed E-state index contributed by atoms with van der Waals surface area (Å²) in [6, 6.07) is 0. The first-order valence-corrected chi connectivity index (χ1v) is 23.2. The van der Waals surface area contributed by atoms with Gasteiger partial charge in [0.1, 0.15) is 19.8 Å². The maximum atomic E-state index is 12.7. The van der Waals surface area contributed by atoms with Crippen LogP contribution in [0.4, 0.5) is 0 Å². The monoisotopic (exact) mass is 822 g/mol. The molecule has 0 aromatic heterocycles. The van der Waals surface area contributed by atoms with E-state index in [1.807, 2.05) is 33.3 Å². The number of quaternary nitrogens is 1. The Balaban J connectivity index is 4.58. The van der Waals surface area contributed by atoms with Crippen LogP contribution in [0.1, 0.15) is 149 Å². The number of esters is 2. The summed E-state index contributed by atoms with van der Waals surface area (Å²) in [5.41, 5.74) is 0. The smallest absolute Gasteiger partial charge is 0.306 e. The first-order valence-electron chi connectivity index (χ1n) is 21.8. The molecule has 0 heterocycles. The Morgan fingerprint density at radius 2 is 1.23 bits per heavy atom. The fraction of sp³-hybridized carbons (Fsp3) is 0.696. The number of rotatable bonds is 38. The minimum Gasteiger partial charge on any atom is -0.756 e. The Hall–Kier alpha value is -2.59. The van der Waals surface area contributed by atoms with Crippen molar-refractivity contribution in [2.24, 2.45) is 0 Å². The number of ether oxygens (including phenoxy) is 2. The average Bonchev–Trinajstić information content (AvgIpc) is 3.15. The molecule has 3 atom stereocenters. The Kier molecular flexibility index (Phi) is 36.0. The summed E-state index contributed by atoms with van der Waals surface area (Å²) in [5.74, 6) is -1.05. The van der Waals surface area contributed by atoms with Crippen LogP contribution < -0.4 is 4.89 Å². The summed E-state index contributed by atoms with van der Waals surface area (Å²) >= 11 is 0. The maximum absolute atomic E-state index is 12.7. The molecule has 0 bridgehead atoms. The second-order valence-electron chi connectivity index (χ2n) is 15.5. The van der Waals surface area contributed by atoms with E-state index in [1.54, 1.807) is 12.2 Å². The average molecular weight is 822 g/mol. The number of hydrogen-bond donors (Lipinski definition) is 1. The molecule has 0 aliphatic heterocycles. The zero-order valence-corrected chi connectivity index (χ0v) is 37.3. The number of aliphatic hydroxyl groups is 1. The summed E-state index contributed by atoms with van der Waals surface area (Å²) in [5, 5.41) is 10.3. The van der Waals surface area contributed by atoms with Gasteiger partial charge >= 0.3 is 11.9 Å². The topological polar surface area (TPSA) is 131 Å². The van der Waals surface area contributed by atoms with Crippen molar-refractivity contribution in [1.82, 2.24) is 0 Å². The summed E-state index contributed by atoms with van der Waals surface area (Å²) in [6.07, 6.45) is 42.5. The van der Waals surface area contributed by atoms with Crippen LogP contribution >= 0.6 is 7.82 Å². The van der Waals surface area contributed by atoms with Gasteiger partial charge in [0.05, 0.1) is 33.9 Å². The predicted octanol–water partition coefficient (Wildman–Crippen LogP) is 10.6. The summed E-state index contributed by atoms with van der Waals surface area (Å²) in [6.45, 7) is 3.85. The summed E-state index contributed by atoms with van der Waals surface area (Å²) in [7, 11) is 1.05. The van der Waals surface area contributed by atoms with Crippen molar-refractivity contribution in [3.05, 3.63) is 72.9 Å². The van der Waals surface area contributed by atoms with E-state index < -0.39 is 38.6 Å². The molecular weight excluding hydrogens is 741 g/mol. The second kappa shape index (κ2) is 37.7. The highest BCUT2D eigenvalue weighted by molar-refractivity contribution is 7.45. The van der Waals surface area contributed by atoms with Crippen LogP contribution in [0.25, 0.3) is 0 Å². The zero-order chi connectivity index (χ0) is 42.3. The lowest BCUT2D eigenvalue weighted by Crippen LogP contribution is -2.37. The highest BCUT2D eigenvalue weighted by atomic mass is 31.2. The van der Waals surface area contributed by atoms with E-state index in [0.717, 1.165) is 51.4 Å². The number of carbonyl (C=O) groups excluding carboxylic acids is 2. The third kappa shape index (κ3) is 41.4. The molecule has 2 unspecified atom stereocenters. The van der Waals surface area contributed by atoms with Gasteiger partial charge in [0, 0.05) is 12.8 Å². The molecule has 0 saturated carbocycles. The minimum atomic E-state index is -4.67. The molecule has 0 aliphatic rings. The van der Waals surface area contributed by atoms with Gasteiger partial charge in [0.15, 0.2) is 6.10 Å². The number of unbranched alkanes of at least 4 members (excludes halogenated alkanes) is 11. The van der Waals surface area contributed by atoms with Gasteiger partial charge in [0.2, 0.25) is 0 Å². The Labute approximate surface area is 347 Å². The van der Waals surface area contributed by atoms with Crippen LogP contribution in [-0.4, -0.2) is 81.2 Å². The van der Waals surface area contributed by atoms with Gasteiger partial charge in [-0.1, -0.05) is 138 Å². The van der Waals surface area contributed by atoms with Gasteiger partial charge in [-0.3, -0.25) is 14.2 Å². The van der Waals surface area contributed by atoms with Gasteiger partial charge in [-0.2, -0.15) is 0 Å². The number of phosphoric ester groups is 1. The molecule has 0 saturated heterocycles. The molecular formula is C46H80NO9P. The lowest BCUT2D eigenvalue weighted by Gasteiger charge is -2.28. The highest BCUT2D eigenvalue weighted by Crippen LogP contribution is 2.38. The van der Waals surface area contributed by atoms with E-state index in [2.05, 4.69) is 62.5 Å². The molecule has 328 valence electrons. The Morgan fingerprint density at radius 3 is 1.84 bits per heavy atom. The number of allylic oxidation sites excluding steroid dienone is 11. The van der Waals surface area contributed by atoms with Crippen LogP contribution in [0.15, 0.2) is 72.9 Å². The fourth-order valence-corrected chi connectivity index (χ4v) is 6.11. The predicted molar refractivity (Wildman–Crippen MR) is 232 cm³/mol. The highest BCUT2D eigenvalue weighted by Gasteiger charge is 2.21. The third-order valence-electron chi connectivity index (χ3n) is 8.81. The number of hydrogen-bond acceptors (Lipinski definition) is 9. The molecule has 10 nitrogen and oxygen atoms in total. The van der Waals surface area contributed by atoms with E-state index in [1.165, 1.54) is 51.4 Å². The van der Waals surface area contributed by atoms with Crippen LogP contribution in [0.2, 0.25) is 0 Å². The standard InChI is InChI=1S/C46H80NO9P/c1-6-8-10-12-14-16-18-20-21-23-25-27-29-31-33-37-46(50)56-44(42-55-57(51,52)54-40-39-47(3,4)5)41-53-45(49)38-34-36-43(48)35-32-30-28-26-24-22-19-17-15-13-11-9-7-2/h9,11,15-18,22,24,28,30,32,35,43-44,48H,6-8,10,12-14,19-21,23,25-27,29,31,33-34,36-42H2,1-5H3/b11-9-,17-15-,18-16-,24-22-,30-28-,35-32+/t43?,44-/m1/s1. The molecule has 0 amide bonds. The van der Waals surface area contributed by atoms with Crippen molar-refractivity contribution in [2.75, 3.05) is 47.5 Å². The Bertz CT molecular complexity index is 1220. The lowest BCUT2D eigenvalue weighted by atomic mass is 10.1. The number of nitrogens with zero attached hydrogens (tertiary/aromatic N) is 1. The third-order valence-corrected chi connectivity index (χ3v) is 9.78. The van der Waals surface area contributed by atoms with Gasteiger partial charge in [0.25, 0.3) is 7.82 Å². The molecule has 11 heteroatoms. The number of phosphoric acid groups is 1. The van der Waals surface area contributed by atoms with Gasteiger partial charge in [-0.15, -0.1) is 0 Å². The molecule has 0 fully saturated rings. The van der Waals surface area contributed by atoms with Crippen molar-refractivity contribution >= 4 is 19.8 Å². The van der Waals surface area contributed by atoms with Gasteiger partial charge < -0.3 is 33.0 Å². The van der Waals surface area contributed by atoms with Gasteiger partial charge in [-0.25, -0.2) is 0 Å². The normalized spacial score (nSPS) is 14.9. The zero-order valence-electron chi connectivity index (χ0n) is 36.4. The van der Waals surface area contributed by atoms with Crippen LogP contribution in [0, 0.1) is 0 Å². The molecule has 0 aromatic carbocycles. The van der Waals surface area contributed by atoms with Crippen molar-refractivity contribution in [3.63, 3.8) is 0 Å². The van der Waals surface area contributed by atoms with Gasteiger partial charge in [-0.05, 0) is 70.6 Å². The first-order chi connectivity index (χ1) is 27.4. The maximum Gasteiger partial charge on any atom is 0.306 e. The molecule has 0 radical (unpaired) electrons. The number of carbonyl (C=O) groups is 2. The second-order valence-corrected chi connectivity index (χ2v) is 16.9. The number of likely N-dealkylation sites (N-methyl/N-ethyl adjacent to an activating group) is 1. The molecule has 1 N–H and O–H groups in total. The minimum absolute atomic E-state index is 0.0421. The van der Waals surface area contributed by atoms with E-state index in [9.17, 15) is 24.2 Å². The quantitative estimate of drug-likeness (QED) is 0.0161. The molecule has 0 rings (SSSR count). The van der Waals surface area contributed by atoms with Crippen molar-refractivity contribution in [2.45, 2.75) is 161 Å². The van der Waals surface area contributed by atoms with Crippen LogP contribution in [-0.2, 0) is 32.7 Å². The van der Waals surface area contributed by atoms with Crippen LogP contribution in [0.5, 0.6) is 0 Å². The van der Waals surface area contributed by atoms with Crippen molar-refractivity contribution in [3.8, 4) is 0 Å². The number of aliphatic hydroxyl groups excluding tert-OH is 1. The summed E-state index contributed by atoms with van der Waals surface area (Å²) < 4.78 is 33.7. The van der Waals surface area contributed by atoms with E-state index >= 15 is 0 Å². The molecule has 0 spiro atoms. The van der Waals surface area contributed by atoms with Crippen molar-refractivity contribution in [1.29, 1.82) is 0 Å².